The predicted octanol–water partition coefficient (Wildman–Crippen LogP) is 5.81. The summed E-state index contributed by atoms with van der Waals surface area (Å²) in [6.45, 7) is 0.404. The van der Waals surface area contributed by atoms with Crippen LogP contribution < -0.4 is 14.8 Å². The third-order valence-electron chi connectivity index (χ3n) is 7.67. The minimum Gasteiger partial charge on any atom is -0.496 e. The highest BCUT2D eigenvalue weighted by atomic mass is 35.5. The second-order valence-electron chi connectivity index (χ2n) is 11.0. The zero-order chi connectivity index (χ0) is 31.8. The highest BCUT2D eigenvalue weighted by molar-refractivity contribution is 7.89. The Labute approximate surface area is 269 Å². The van der Waals surface area contributed by atoms with E-state index in [1.165, 1.54) is 0 Å². The number of methoxy groups -OCH3 is 1. The molecule has 5 rings (SSSR count). The van der Waals surface area contributed by atoms with E-state index in [1.54, 1.807) is 48.4 Å². The number of hydrogen-bond donors (Lipinski definition) is 2. The number of nitrogens with one attached hydrogen (secondary N) is 2. The van der Waals surface area contributed by atoms with Crippen LogP contribution in [-0.4, -0.2) is 38.3 Å². The fourth-order valence-corrected chi connectivity index (χ4v) is 6.50. The van der Waals surface area contributed by atoms with Crippen LogP contribution in [0.25, 0.3) is 0 Å². The van der Waals surface area contributed by atoms with Crippen LogP contribution in [0.2, 0.25) is 5.02 Å². The van der Waals surface area contributed by atoms with Gasteiger partial charge in [-0.15, -0.1) is 0 Å². The molecule has 4 aromatic carbocycles. The van der Waals surface area contributed by atoms with Crippen molar-refractivity contribution in [3.63, 3.8) is 0 Å². The first-order valence-corrected chi connectivity index (χ1v) is 16.7. The molecule has 1 atom stereocenters. The molecular formula is C35H36ClN3O5S. The lowest BCUT2D eigenvalue weighted by Crippen LogP contribution is -2.43. The Morgan fingerprint density at radius 2 is 1.53 bits per heavy atom. The molecular weight excluding hydrogens is 610 g/mol. The van der Waals surface area contributed by atoms with Crippen LogP contribution in [0.3, 0.4) is 0 Å². The van der Waals surface area contributed by atoms with Crippen molar-refractivity contribution in [3.8, 4) is 5.75 Å². The van der Waals surface area contributed by atoms with Crippen LogP contribution >= 0.6 is 11.6 Å². The van der Waals surface area contributed by atoms with Gasteiger partial charge in [0.1, 0.15) is 11.8 Å². The zero-order valence-electron chi connectivity index (χ0n) is 25.0. The van der Waals surface area contributed by atoms with E-state index in [-0.39, 0.29) is 42.3 Å². The smallest absolute Gasteiger partial charge is 0.247 e. The molecule has 0 heterocycles. The van der Waals surface area contributed by atoms with Crippen molar-refractivity contribution in [2.45, 2.75) is 55.8 Å². The third kappa shape index (κ3) is 8.72. The summed E-state index contributed by atoms with van der Waals surface area (Å²) in [5, 5.41) is 3.59. The van der Waals surface area contributed by atoms with Crippen LogP contribution in [0.1, 0.15) is 47.6 Å². The number of para-hydroxylation sites is 1. The Kier molecular flexibility index (Phi) is 10.5. The van der Waals surface area contributed by atoms with Gasteiger partial charge in [0.15, 0.2) is 0 Å². The van der Waals surface area contributed by atoms with Gasteiger partial charge in [-0.05, 0) is 66.3 Å². The Morgan fingerprint density at radius 1 is 0.889 bits per heavy atom. The fraction of sp³-hybridized carbons (Fsp3) is 0.257. The monoisotopic (exact) mass is 645 g/mol. The SMILES string of the molecule is COc1ccccc1CNC(=O)[C@H](c1ccccc1)N(Cc1ccc(Cl)cc1)C(=O)CCc1ccc(S(=O)(=O)NC2CC2)cc1. The van der Waals surface area contributed by atoms with Crippen molar-refractivity contribution in [1.29, 1.82) is 0 Å². The molecule has 2 amide bonds. The second kappa shape index (κ2) is 14.7. The zero-order valence-corrected chi connectivity index (χ0v) is 26.6. The van der Waals surface area contributed by atoms with Crippen molar-refractivity contribution in [2.75, 3.05) is 7.11 Å². The van der Waals surface area contributed by atoms with Crippen LogP contribution in [0.4, 0.5) is 0 Å². The third-order valence-corrected chi connectivity index (χ3v) is 9.46. The maximum atomic E-state index is 14.0. The average molecular weight is 646 g/mol. The van der Waals surface area contributed by atoms with E-state index in [1.807, 2.05) is 66.7 Å². The summed E-state index contributed by atoms with van der Waals surface area (Å²) in [4.78, 5) is 29.8. The van der Waals surface area contributed by atoms with Gasteiger partial charge < -0.3 is 15.0 Å². The number of sulfonamides is 1. The first-order chi connectivity index (χ1) is 21.7. The van der Waals surface area contributed by atoms with Gasteiger partial charge in [-0.1, -0.05) is 84.4 Å². The van der Waals surface area contributed by atoms with Gasteiger partial charge in [0.2, 0.25) is 21.8 Å². The molecule has 0 spiro atoms. The Bertz CT molecular complexity index is 1710. The number of halogens is 1. The maximum Gasteiger partial charge on any atom is 0.247 e. The molecule has 0 bridgehead atoms. The predicted molar refractivity (Wildman–Crippen MR) is 174 cm³/mol. The lowest BCUT2D eigenvalue weighted by Gasteiger charge is -2.32. The topological polar surface area (TPSA) is 105 Å². The van der Waals surface area contributed by atoms with E-state index in [0.29, 0.717) is 22.8 Å². The van der Waals surface area contributed by atoms with E-state index < -0.39 is 16.1 Å². The number of aryl methyl sites for hydroxylation is 1. The molecule has 10 heteroatoms. The molecule has 45 heavy (non-hydrogen) atoms. The number of rotatable bonds is 14. The van der Waals surface area contributed by atoms with Gasteiger partial charge in [0.25, 0.3) is 0 Å². The standard InChI is InChI=1S/C35H36ClN3O5S/c1-44-32-10-6-5-9-28(32)23-37-35(41)34(27-7-3-2-4-8-27)39(24-26-11-16-29(36)17-12-26)33(40)22-15-25-13-20-31(21-14-25)45(42,43)38-30-18-19-30/h2-14,16-17,20-21,30,34,38H,15,18-19,22-24H2,1H3,(H,37,41)/t34-/m0/s1. The molecule has 234 valence electrons. The van der Waals surface area contributed by atoms with Gasteiger partial charge in [-0.2, -0.15) is 0 Å². The van der Waals surface area contributed by atoms with Crippen LogP contribution in [0.5, 0.6) is 5.75 Å². The molecule has 2 N–H and O–H groups in total. The van der Waals surface area contributed by atoms with Crippen LogP contribution in [-0.2, 0) is 39.1 Å². The molecule has 0 radical (unpaired) electrons. The normalized spacial score (nSPS) is 13.6. The van der Waals surface area contributed by atoms with E-state index in [4.69, 9.17) is 16.3 Å². The van der Waals surface area contributed by atoms with Crippen molar-refractivity contribution >= 4 is 33.4 Å². The largest absolute Gasteiger partial charge is 0.496 e. The van der Waals surface area contributed by atoms with E-state index in [2.05, 4.69) is 10.0 Å². The minimum atomic E-state index is -3.56. The number of carbonyl (C=O) groups is 2. The Balaban J connectivity index is 1.38. The molecule has 0 aromatic heterocycles. The molecule has 1 saturated carbocycles. The number of ether oxygens (including phenoxy) is 1. The molecule has 1 aliphatic rings. The Hall–Kier alpha value is -4.18. The van der Waals surface area contributed by atoms with Crippen LogP contribution in [0, 0.1) is 0 Å². The van der Waals surface area contributed by atoms with Gasteiger partial charge in [0, 0.05) is 36.1 Å². The minimum absolute atomic E-state index is 0.0170. The van der Waals surface area contributed by atoms with E-state index in [9.17, 15) is 18.0 Å². The average Bonchev–Trinajstić information content (AvgIpc) is 3.87. The number of amides is 2. The van der Waals surface area contributed by atoms with Crippen molar-refractivity contribution < 1.29 is 22.7 Å². The van der Waals surface area contributed by atoms with Gasteiger partial charge in [-0.25, -0.2) is 13.1 Å². The van der Waals surface area contributed by atoms with E-state index in [0.717, 1.165) is 29.5 Å². The summed E-state index contributed by atoms with van der Waals surface area (Å²) in [6.07, 6.45) is 2.20. The maximum absolute atomic E-state index is 14.0. The second-order valence-corrected chi connectivity index (χ2v) is 13.2. The molecule has 4 aromatic rings. The fourth-order valence-electron chi connectivity index (χ4n) is 5.06. The number of hydrogen-bond acceptors (Lipinski definition) is 5. The lowest BCUT2D eigenvalue weighted by molar-refractivity contribution is -0.141. The van der Waals surface area contributed by atoms with Crippen LogP contribution in [0.15, 0.2) is 108 Å². The van der Waals surface area contributed by atoms with Crippen molar-refractivity contribution in [3.05, 3.63) is 130 Å². The summed E-state index contributed by atoms with van der Waals surface area (Å²) >= 11 is 6.13. The molecule has 0 aliphatic heterocycles. The molecule has 1 fully saturated rings. The van der Waals surface area contributed by atoms with E-state index >= 15 is 0 Å². The number of benzene rings is 4. The molecule has 8 nitrogen and oxygen atoms in total. The first kappa shape index (κ1) is 32.2. The summed E-state index contributed by atoms with van der Waals surface area (Å²) in [5.74, 6) is 0.107. The number of carbonyl (C=O) groups excluding carboxylic acids is 2. The van der Waals surface area contributed by atoms with Gasteiger partial charge >= 0.3 is 0 Å². The molecule has 0 unspecified atom stereocenters. The quantitative estimate of drug-likeness (QED) is 0.180. The summed E-state index contributed by atoms with van der Waals surface area (Å²) < 4.78 is 33.3. The lowest BCUT2D eigenvalue weighted by atomic mass is 10.0. The van der Waals surface area contributed by atoms with Crippen molar-refractivity contribution in [1.82, 2.24) is 14.9 Å². The number of nitrogens with zero attached hydrogens (tertiary/aromatic N) is 1. The van der Waals surface area contributed by atoms with Gasteiger partial charge in [-0.3, -0.25) is 9.59 Å². The molecule has 0 saturated heterocycles. The summed E-state index contributed by atoms with van der Waals surface area (Å²) in [5.41, 5.74) is 3.13. The highest BCUT2D eigenvalue weighted by Crippen LogP contribution is 2.27. The van der Waals surface area contributed by atoms with Crippen molar-refractivity contribution in [2.24, 2.45) is 0 Å². The molecule has 1 aliphatic carbocycles. The summed E-state index contributed by atoms with van der Waals surface area (Å²) in [6, 6.07) is 29.6. The summed E-state index contributed by atoms with van der Waals surface area (Å²) in [7, 11) is -1.98. The first-order valence-electron chi connectivity index (χ1n) is 14.8. The van der Waals surface area contributed by atoms with Gasteiger partial charge in [0.05, 0.1) is 12.0 Å². The Morgan fingerprint density at radius 3 is 2.20 bits per heavy atom. The highest BCUT2D eigenvalue weighted by Gasteiger charge is 2.32.